The van der Waals surface area contributed by atoms with Gasteiger partial charge in [0.05, 0.1) is 12.2 Å². The van der Waals surface area contributed by atoms with E-state index in [1.165, 1.54) is 32.2 Å². The molecule has 1 aliphatic rings. The largest absolute Gasteiger partial charge is 0.311 e. The Hall–Kier alpha value is -0.940. The molecule has 0 atom stereocenters. The van der Waals surface area contributed by atoms with E-state index in [4.69, 9.17) is 0 Å². The van der Waals surface area contributed by atoms with Crippen LogP contribution in [0.4, 0.5) is 0 Å². The summed E-state index contributed by atoms with van der Waals surface area (Å²) in [7, 11) is 0. The Morgan fingerprint density at radius 2 is 2.15 bits per heavy atom. The van der Waals surface area contributed by atoms with Crippen LogP contribution in [0, 0.1) is 0 Å². The number of nitrogens with one attached hydrogen (secondary N) is 1. The maximum atomic E-state index is 4.23. The van der Waals surface area contributed by atoms with Crippen LogP contribution in [0.1, 0.15) is 51.6 Å². The van der Waals surface area contributed by atoms with Crippen LogP contribution in [0.5, 0.6) is 0 Å². The van der Waals surface area contributed by atoms with Gasteiger partial charge in [0.15, 0.2) is 0 Å². The van der Waals surface area contributed by atoms with Crippen LogP contribution < -0.4 is 5.32 Å². The molecule has 114 valence electrons. The first-order chi connectivity index (χ1) is 9.83. The van der Waals surface area contributed by atoms with E-state index in [9.17, 15) is 0 Å². The Morgan fingerprint density at radius 1 is 1.30 bits per heavy atom. The molecule has 1 heterocycles. The predicted molar refractivity (Wildman–Crippen MR) is 81.5 cm³/mol. The zero-order chi connectivity index (χ0) is 14.2. The highest BCUT2D eigenvalue weighted by Gasteiger charge is 2.28. The van der Waals surface area contributed by atoms with Crippen LogP contribution >= 0.6 is 0 Å². The second-order valence-electron chi connectivity index (χ2n) is 5.77. The highest BCUT2D eigenvalue weighted by molar-refractivity contribution is 4.92. The van der Waals surface area contributed by atoms with Crippen molar-refractivity contribution in [3.63, 3.8) is 0 Å². The zero-order valence-corrected chi connectivity index (χ0v) is 13.0. The summed E-state index contributed by atoms with van der Waals surface area (Å²) in [6.45, 7) is 9.61. The van der Waals surface area contributed by atoms with Gasteiger partial charge < -0.3 is 5.32 Å². The highest BCUT2D eigenvalue weighted by atomic mass is 15.4. The van der Waals surface area contributed by atoms with E-state index < -0.39 is 0 Å². The van der Waals surface area contributed by atoms with Gasteiger partial charge in [-0.2, -0.15) is 0 Å². The number of rotatable bonds is 11. The Morgan fingerprint density at radius 3 is 2.85 bits per heavy atom. The van der Waals surface area contributed by atoms with Gasteiger partial charge in [-0.1, -0.05) is 25.5 Å². The summed E-state index contributed by atoms with van der Waals surface area (Å²) in [4.78, 5) is 2.63. The number of hydrogen-bond acceptors (Lipinski definition) is 4. The molecule has 0 radical (unpaired) electrons. The lowest BCUT2D eigenvalue weighted by Gasteiger charge is -2.21. The Balaban J connectivity index is 1.71. The van der Waals surface area contributed by atoms with Gasteiger partial charge in [0.2, 0.25) is 0 Å². The normalized spacial score (nSPS) is 15.2. The fourth-order valence-electron chi connectivity index (χ4n) is 2.43. The van der Waals surface area contributed by atoms with Gasteiger partial charge in [0.1, 0.15) is 0 Å². The average Bonchev–Trinajstić information content (AvgIpc) is 3.20. The van der Waals surface area contributed by atoms with Gasteiger partial charge in [-0.05, 0) is 38.8 Å². The molecule has 2 rings (SSSR count). The minimum absolute atomic E-state index is 0.829. The number of nitrogens with zero attached hydrogens (tertiary/aromatic N) is 4. The molecule has 0 aromatic carbocycles. The molecule has 1 aliphatic carbocycles. The van der Waals surface area contributed by atoms with Crippen LogP contribution in [0.3, 0.4) is 0 Å². The minimum atomic E-state index is 0.829. The van der Waals surface area contributed by atoms with Crippen molar-refractivity contribution in [3.8, 4) is 0 Å². The van der Waals surface area contributed by atoms with Crippen molar-refractivity contribution < 1.29 is 0 Å². The van der Waals surface area contributed by atoms with E-state index >= 15 is 0 Å². The van der Waals surface area contributed by atoms with E-state index in [0.717, 1.165) is 44.3 Å². The molecule has 5 heteroatoms. The highest BCUT2D eigenvalue weighted by Crippen LogP contribution is 2.26. The Bertz CT molecular complexity index is 372. The van der Waals surface area contributed by atoms with Crippen LogP contribution in [0.2, 0.25) is 0 Å². The van der Waals surface area contributed by atoms with Crippen LogP contribution in [0.25, 0.3) is 0 Å². The predicted octanol–water partition coefficient (Wildman–Crippen LogP) is 2.04. The monoisotopic (exact) mass is 279 g/mol. The first-order valence-electron chi connectivity index (χ1n) is 8.17. The SMILES string of the molecule is CCCCN(CCn1cc(CNCCC)nn1)C1CC1. The maximum absolute atomic E-state index is 4.23. The molecule has 0 aliphatic heterocycles. The second kappa shape index (κ2) is 8.37. The van der Waals surface area contributed by atoms with Gasteiger partial charge in [0, 0.05) is 25.3 Å². The van der Waals surface area contributed by atoms with E-state index in [-0.39, 0.29) is 0 Å². The van der Waals surface area contributed by atoms with Crippen LogP contribution in [-0.4, -0.2) is 45.6 Å². The molecular formula is C15H29N5. The topological polar surface area (TPSA) is 46.0 Å². The van der Waals surface area contributed by atoms with E-state index in [2.05, 4.69) is 40.6 Å². The molecule has 0 spiro atoms. The molecule has 1 aromatic heterocycles. The summed E-state index contributed by atoms with van der Waals surface area (Å²) < 4.78 is 1.99. The fourth-order valence-corrected chi connectivity index (χ4v) is 2.43. The molecule has 1 N–H and O–H groups in total. The number of hydrogen-bond donors (Lipinski definition) is 1. The summed E-state index contributed by atoms with van der Waals surface area (Å²) in [5, 5.41) is 11.8. The lowest BCUT2D eigenvalue weighted by molar-refractivity contribution is 0.244. The van der Waals surface area contributed by atoms with Crippen molar-refractivity contribution in [1.82, 2.24) is 25.2 Å². The lowest BCUT2D eigenvalue weighted by atomic mass is 10.3. The summed E-state index contributed by atoms with van der Waals surface area (Å²) in [6, 6.07) is 0.843. The molecule has 0 saturated heterocycles. The van der Waals surface area contributed by atoms with Crippen molar-refractivity contribution in [2.24, 2.45) is 0 Å². The molecule has 1 aromatic rings. The summed E-state index contributed by atoms with van der Waals surface area (Å²) in [5.74, 6) is 0. The van der Waals surface area contributed by atoms with E-state index in [1.807, 2.05) is 4.68 Å². The Kier molecular flexibility index (Phi) is 6.47. The Labute approximate surface area is 122 Å². The minimum Gasteiger partial charge on any atom is -0.311 e. The molecule has 0 bridgehead atoms. The van der Waals surface area contributed by atoms with Crippen LogP contribution in [0.15, 0.2) is 6.20 Å². The molecule has 1 saturated carbocycles. The standard InChI is InChI=1S/C15H29N5/c1-3-5-9-19(15-6-7-15)10-11-20-13-14(17-18-20)12-16-8-4-2/h13,15-16H,3-12H2,1-2H3. The number of unbranched alkanes of at least 4 members (excludes halogenated alkanes) is 1. The molecule has 5 nitrogen and oxygen atoms in total. The third-order valence-electron chi connectivity index (χ3n) is 3.80. The zero-order valence-electron chi connectivity index (χ0n) is 13.0. The van der Waals surface area contributed by atoms with Gasteiger partial charge in [-0.3, -0.25) is 9.58 Å². The van der Waals surface area contributed by atoms with Gasteiger partial charge in [0.25, 0.3) is 0 Å². The van der Waals surface area contributed by atoms with Gasteiger partial charge in [-0.15, -0.1) is 5.10 Å². The van der Waals surface area contributed by atoms with Crippen molar-refractivity contribution in [3.05, 3.63) is 11.9 Å². The summed E-state index contributed by atoms with van der Waals surface area (Å²) >= 11 is 0. The smallest absolute Gasteiger partial charge is 0.0964 e. The van der Waals surface area contributed by atoms with Crippen molar-refractivity contribution in [2.45, 2.75) is 65.1 Å². The summed E-state index contributed by atoms with van der Waals surface area (Å²) in [5.41, 5.74) is 1.05. The fraction of sp³-hybridized carbons (Fsp3) is 0.867. The van der Waals surface area contributed by atoms with Crippen molar-refractivity contribution >= 4 is 0 Å². The van der Waals surface area contributed by atoms with E-state index in [1.54, 1.807) is 0 Å². The maximum Gasteiger partial charge on any atom is 0.0964 e. The molecular weight excluding hydrogens is 250 g/mol. The quantitative estimate of drug-likeness (QED) is 0.630. The first kappa shape index (κ1) is 15.4. The molecule has 0 unspecified atom stereocenters. The van der Waals surface area contributed by atoms with Crippen LogP contribution in [-0.2, 0) is 13.1 Å². The lowest BCUT2D eigenvalue weighted by Crippen LogP contribution is -2.30. The second-order valence-corrected chi connectivity index (χ2v) is 5.77. The van der Waals surface area contributed by atoms with E-state index in [0.29, 0.717) is 0 Å². The third-order valence-corrected chi connectivity index (χ3v) is 3.80. The average molecular weight is 279 g/mol. The van der Waals surface area contributed by atoms with Crippen molar-refractivity contribution in [2.75, 3.05) is 19.6 Å². The molecule has 1 fully saturated rings. The molecule has 20 heavy (non-hydrogen) atoms. The summed E-state index contributed by atoms with van der Waals surface area (Å²) in [6.07, 6.45) is 8.58. The van der Waals surface area contributed by atoms with Crippen molar-refractivity contribution in [1.29, 1.82) is 0 Å². The van der Waals surface area contributed by atoms with Gasteiger partial charge >= 0.3 is 0 Å². The number of aromatic nitrogens is 3. The third kappa shape index (κ3) is 5.21. The van der Waals surface area contributed by atoms with Gasteiger partial charge in [-0.25, -0.2) is 0 Å². The first-order valence-corrected chi connectivity index (χ1v) is 8.17. The molecule has 0 amide bonds.